The van der Waals surface area contributed by atoms with Crippen molar-refractivity contribution in [2.24, 2.45) is 0 Å². The van der Waals surface area contributed by atoms with Gasteiger partial charge in [-0.3, -0.25) is 0 Å². The third kappa shape index (κ3) is 3.68. The lowest BCUT2D eigenvalue weighted by molar-refractivity contribution is 0.164. The SMILES string of the molecule is Fc1ccc(Cc2noc(NCc3ccc4c(n3)OCCO4)n2)cc1. The molecule has 1 aliphatic heterocycles. The highest BCUT2D eigenvalue weighted by molar-refractivity contribution is 5.36. The molecule has 0 fully saturated rings. The standard InChI is InChI=1S/C17H15FN4O3/c18-12-3-1-11(2-4-12)9-15-21-17(25-22-15)19-10-13-5-6-14-16(20-13)24-8-7-23-14/h1-6H,7-10H2,(H,19,21,22). The second-order valence-electron chi connectivity index (χ2n) is 5.48. The van der Waals surface area contributed by atoms with Crippen molar-refractivity contribution in [3.63, 3.8) is 0 Å². The monoisotopic (exact) mass is 342 g/mol. The molecule has 1 aliphatic rings. The lowest BCUT2D eigenvalue weighted by Gasteiger charge is -2.17. The average molecular weight is 342 g/mol. The Hall–Kier alpha value is -3.16. The van der Waals surface area contributed by atoms with Crippen LogP contribution in [0.25, 0.3) is 0 Å². The van der Waals surface area contributed by atoms with Crippen LogP contribution >= 0.6 is 0 Å². The number of halogens is 1. The van der Waals surface area contributed by atoms with Crippen LogP contribution in [0.1, 0.15) is 17.1 Å². The molecule has 25 heavy (non-hydrogen) atoms. The Morgan fingerprint density at radius 1 is 1.00 bits per heavy atom. The van der Waals surface area contributed by atoms with Crippen molar-refractivity contribution in [3.8, 4) is 11.6 Å². The highest BCUT2D eigenvalue weighted by Crippen LogP contribution is 2.27. The first-order chi connectivity index (χ1) is 12.3. The maximum Gasteiger partial charge on any atom is 0.321 e. The van der Waals surface area contributed by atoms with E-state index in [-0.39, 0.29) is 5.82 Å². The van der Waals surface area contributed by atoms with Crippen LogP contribution in [0.2, 0.25) is 0 Å². The van der Waals surface area contributed by atoms with Crippen LogP contribution in [-0.2, 0) is 13.0 Å². The number of nitrogens with zero attached hydrogens (tertiary/aromatic N) is 3. The third-order valence-corrected chi connectivity index (χ3v) is 3.63. The maximum atomic E-state index is 12.9. The zero-order valence-electron chi connectivity index (χ0n) is 13.2. The molecule has 2 aromatic heterocycles. The van der Waals surface area contributed by atoms with E-state index in [0.29, 0.717) is 49.6 Å². The summed E-state index contributed by atoms with van der Waals surface area (Å²) in [6, 6.07) is 10.2. The Kier molecular flexibility index (Phi) is 4.16. The first-order valence-corrected chi connectivity index (χ1v) is 7.83. The number of rotatable bonds is 5. The summed E-state index contributed by atoms with van der Waals surface area (Å²) in [7, 11) is 0. The predicted molar refractivity (Wildman–Crippen MR) is 86.1 cm³/mol. The molecule has 0 bridgehead atoms. The summed E-state index contributed by atoms with van der Waals surface area (Å²) in [5.41, 5.74) is 1.67. The zero-order chi connectivity index (χ0) is 17.1. The van der Waals surface area contributed by atoms with Crippen LogP contribution in [0.5, 0.6) is 11.6 Å². The van der Waals surface area contributed by atoms with Crippen LogP contribution < -0.4 is 14.8 Å². The van der Waals surface area contributed by atoms with Gasteiger partial charge in [0.15, 0.2) is 11.6 Å². The van der Waals surface area contributed by atoms with Gasteiger partial charge in [-0.25, -0.2) is 9.37 Å². The number of ether oxygens (including phenoxy) is 2. The van der Waals surface area contributed by atoms with Crippen molar-refractivity contribution < 1.29 is 18.4 Å². The van der Waals surface area contributed by atoms with E-state index in [4.69, 9.17) is 14.0 Å². The van der Waals surface area contributed by atoms with E-state index >= 15 is 0 Å². The average Bonchev–Trinajstić information content (AvgIpc) is 3.09. The number of fused-ring (bicyclic) bond motifs is 1. The van der Waals surface area contributed by atoms with Crippen molar-refractivity contribution in [1.29, 1.82) is 0 Å². The first kappa shape index (κ1) is 15.4. The highest BCUT2D eigenvalue weighted by atomic mass is 19.1. The Bertz CT molecular complexity index is 867. The lowest BCUT2D eigenvalue weighted by atomic mass is 10.1. The number of nitrogens with one attached hydrogen (secondary N) is 1. The van der Waals surface area contributed by atoms with E-state index in [1.807, 2.05) is 12.1 Å². The Morgan fingerprint density at radius 2 is 1.84 bits per heavy atom. The van der Waals surface area contributed by atoms with Crippen molar-refractivity contribution in [1.82, 2.24) is 15.1 Å². The number of hydrogen-bond acceptors (Lipinski definition) is 7. The molecule has 0 amide bonds. The van der Waals surface area contributed by atoms with Crippen molar-refractivity contribution >= 4 is 6.01 Å². The summed E-state index contributed by atoms with van der Waals surface area (Å²) in [6.45, 7) is 1.44. The minimum absolute atomic E-state index is 0.272. The van der Waals surface area contributed by atoms with E-state index in [9.17, 15) is 4.39 Å². The Morgan fingerprint density at radius 3 is 2.72 bits per heavy atom. The summed E-state index contributed by atoms with van der Waals surface area (Å²) >= 11 is 0. The molecule has 0 radical (unpaired) electrons. The van der Waals surface area contributed by atoms with Crippen molar-refractivity contribution in [2.75, 3.05) is 18.5 Å². The fraction of sp³-hybridized carbons (Fsp3) is 0.235. The van der Waals surface area contributed by atoms with Gasteiger partial charge in [-0.2, -0.15) is 4.98 Å². The number of benzene rings is 1. The molecule has 128 valence electrons. The molecule has 1 aromatic carbocycles. The highest BCUT2D eigenvalue weighted by Gasteiger charge is 2.14. The molecular weight excluding hydrogens is 327 g/mol. The van der Waals surface area contributed by atoms with E-state index in [1.165, 1.54) is 12.1 Å². The molecule has 3 aromatic rings. The summed E-state index contributed by atoms with van der Waals surface area (Å²) in [4.78, 5) is 8.64. The van der Waals surface area contributed by atoms with E-state index < -0.39 is 0 Å². The first-order valence-electron chi connectivity index (χ1n) is 7.83. The van der Waals surface area contributed by atoms with Gasteiger partial charge in [0.25, 0.3) is 5.88 Å². The van der Waals surface area contributed by atoms with Crippen LogP contribution in [0.4, 0.5) is 10.4 Å². The van der Waals surface area contributed by atoms with Gasteiger partial charge >= 0.3 is 6.01 Å². The molecule has 0 aliphatic carbocycles. The molecule has 0 unspecified atom stereocenters. The number of anilines is 1. The van der Waals surface area contributed by atoms with Gasteiger partial charge in [-0.1, -0.05) is 17.3 Å². The summed E-state index contributed by atoms with van der Waals surface area (Å²) in [5, 5.41) is 6.93. The second kappa shape index (κ2) is 6.76. The summed E-state index contributed by atoms with van der Waals surface area (Å²) in [6.07, 6.45) is 0.466. The van der Waals surface area contributed by atoms with Gasteiger partial charge in [0.1, 0.15) is 19.0 Å². The van der Waals surface area contributed by atoms with E-state index in [1.54, 1.807) is 12.1 Å². The van der Waals surface area contributed by atoms with Gasteiger partial charge < -0.3 is 19.3 Å². The molecular formula is C17H15FN4O3. The predicted octanol–water partition coefficient (Wildman–Crippen LogP) is 2.58. The van der Waals surface area contributed by atoms with Crippen LogP contribution in [0.15, 0.2) is 40.9 Å². The number of aromatic nitrogens is 3. The number of hydrogen-bond donors (Lipinski definition) is 1. The fourth-order valence-electron chi connectivity index (χ4n) is 2.42. The molecule has 0 saturated heterocycles. The smallest absolute Gasteiger partial charge is 0.321 e. The van der Waals surface area contributed by atoms with Gasteiger partial charge in [0.2, 0.25) is 0 Å². The molecule has 8 heteroatoms. The van der Waals surface area contributed by atoms with E-state index in [0.717, 1.165) is 11.3 Å². The zero-order valence-corrected chi connectivity index (χ0v) is 13.2. The minimum Gasteiger partial charge on any atom is -0.484 e. The van der Waals surface area contributed by atoms with Crippen LogP contribution in [0.3, 0.4) is 0 Å². The Labute approximate surface area is 142 Å². The third-order valence-electron chi connectivity index (χ3n) is 3.63. The lowest BCUT2D eigenvalue weighted by Crippen LogP contribution is -2.17. The van der Waals surface area contributed by atoms with Crippen molar-refractivity contribution in [3.05, 3.63) is 59.3 Å². The second-order valence-corrected chi connectivity index (χ2v) is 5.48. The molecule has 0 atom stereocenters. The van der Waals surface area contributed by atoms with Gasteiger partial charge in [0.05, 0.1) is 12.2 Å². The summed E-state index contributed by atoms with van der Waals surface area (Å²) < 4.78 is 29.0. The summed E-state index contributed by atoms with van der Waals surface area (Å²) in [5.74, 6) is 1.39. The Balaban J connectivity index is 1.37. The van der Waals surface area contributed by atoms with Crippen molar-refractivity contribution in [2.45, 2.75) is 13.0 Å². The molecule has 4 rings (SSSR count). The maximum absolute atomic E-state index is 12.9. The largest absolute Gasteiger partial charge is 0.484 e. The van der Waals surface area contributed by atoms with Gasteiger partial charge in [-0.15, -0.1) is 0 Å². The molecule has 3 heterocycles. The fourth-order valence-corrected chi connectivity index (χ4v) is 2.42. The van der Waals surface area contributed by atoms with Gasteiger partial charge in [-0.05, 0) is 29.8 Å². The topological polar surface area (TPSA) is 82.3 Å². The van der Waals surface area contributed by atoms with Crippen LogP contribution in [0, 0.1) is 5.82 Å². The normalized spacial score (nSPS) is 12.8. The van der Waals surface area contributed by atoms with Gasteiger partial charge in [0, 0.05) is 6.42 Å². The van der Waals surface area contributed by atoms with E-state index in [2.05, 4.69) is 20.4 Å². The minimum atomic E-state index is -0.272. The van der Waals surface area contributed by atoms with Crippen LogP contribution in [-0.4, -0.2) is 28.3 Å². The quantitative estimate of drug-likeness (QED) is 0.763. The molecule has 1 N–H and O–H groups in total. The molecule has 7 nitrogen and oxygen atoms in total. The molecule has 0 spiro atoms. The molecule has 0 saturated carbocycles. The number of pyridine rings is 1.